The van der Waals surface area contributed by atoms with Gasteiger partial charge in [0.1, 0.15) is 5.82 Å². The van der Waals surface area contributed by atoms with E-state index in [4.69, 9.17) is 22.1 Å². The van der Waals surface area contributed by atoms with Crippen LogP contribution in [0.1, 0.15) is 0 Å². The first-order valence-corrected chi connectivity index (χ1v) is 6.84. The number of ether oxygens (including phenoxy) is 1. The van der Waals surface area contributed by atoms with Gasteiger partial charge in [-0.05, 0) is 6.07 Å². The number of hydrogen-bond acceptors (Lipinski definition) is 5. The lowest BCUT2D eigenvalue weighted by Crippen LogP contribution is -2.37. The summed E-state index contributed by atoms with van der Waals surface area (Å²) in [5.74, 6) is 1.07. The highest BCUT2D eigenvalue weighted by atomic mass is 35.5. The van der Waals surface area contributed by atoms with Crippen LogP contribution >= 0.6 is 11.6 Å². The Morgan fingerprint density at radius 3 is 2.65 bits per heavy atom. The van der Waals surface area contributed by atoms with E-state index < -0.39 is 0 Å². The summed E-state index contributed by atoms with van der Waals surface area (Å²) in [5.41, 5.74) is 7.50. The van der Waals surface area contributed by atoms with Gasteiger partial charge in [0.2, 0.25) is 5.95 Å². The summed E-state index contributed by atoms with van der Waals surface area (Å²) in [6, 6.07) is 9.31. The molecule has 6 heteroatoms. The van der Waals surface area contributed by atoms with Crippen molar-refractivity contribution in [3.8, 4) is 11.3 Å². The van der Waals surface area contributed by atoms with Crippen molar-refractivity contribution in [3.05, 3.63) is 35.4 Å². The van der Waals surface area contributed by atoms with Crippen LogP contribution in [0, 0.1) is 0 Å². The number of morpholine rings is 1. The van der Waals surface area contributed by atoms with Crippen molar-refractivity contribution in [2.45, 2.75) is 0 Å². The molecule has 0 amide bonds. The number of hydrogen-bond donors (Lipinski definition) is 1. The molecule has 5 nitrogen and oxygen atoms in total. The van der Waals surface area contributed by atoms with Gasteiger partial charge in [0.25, 0.3) is 0 Å². The van der Waals surface area contributed by atoms with Crippen molar-refractivity contribution in [1.82, 2.24) is 9.97 Å². The Hall–Kier alpha value is -1.85. The van der Waals surface area contributed by atoms with E-state index in [2.05, 4.69) is 14.9 Å². The fourth-order valence-electron chi connectivity index (χ4n) is 2.16. The lowest BCUT2D eigenvalue weighted by atomic mass is 10.1. The van der Waals surface area contributed by atoms with Crippen molar-refractivity contribution >= 4 is 23.4 Å². The van der Waals surface area contributed by atoms with Crippen LogP contribution in [0.3, 0.4) is 0 Å². The molecule has 0 radical (unpaired) electrons. The average molecular weight is 291 g/mol. The normalized spacial score (nSPS) is 15.3. The topological polar surface area (TPSA) is 64.3 Å². The third-order valence-corrected chi connectivity index (χ3v) is 3.51. The molecular formula is C14H15ClN4O. The molecule has 0 spiro atoms. The summed E-state index contributed by atoms with van der Waals surface area (Å²) >= 11 is 6.21. The predicted molar refractivity (Wildman–Crippen MR) is 79.9 cm³/mol. The van der Waals surface area contributed by atoms with Gasteiger partial charge in [-0.3, -0.25) is 0 Å². The minimum atomic E-state index is 0.441. The van der Waals surface area contributed by atoms with Crippen molar-refractivity contribution in [2.75, 3.05) is 36.9 Å². The first-order valence-electron chi connectivity index (χ1n) is 6.46. The second-order valence-corrected chi connectivity index (χ2v) is 4.96. The summed E-state index contributed by atoms with van der Waals surface area (Å²) in [4.78, 5) is 11.0. The molecule has 0 bridgehead atoms. The molecule has 0 atom stereocenters. The van der Waals surface area contributed by atoms with Crippen molar-refractivity contribution in [1.29, 1.82) is 0 Å². The zero-order chi connectivity index (χ0) is 13.9. The fourth-order valence-corrected chi connectivity index (χ4v) is 2.40. The summed E-state index contributed by atoms with van der Waals surface area (Å²) in [6.45, 7) is 2.90. The van der Waals surface area contributed by atoms with Crippen LogP contribution in [0.15, 0.2) is 30.3 Å². The molecule has 104 valence electrons. The molecular weight excluding hydrogens is 276 g/mol. The standard InChI is InChI=1S/C14H15ClN4O/c15-11-4-2-1-3-10(11)12-9-13(16)18-14(17-12)19-5-7-20-8-6-19/h1-4,9H,5-8H2,(H2,16,17,18). The number of nitrogens with two attached hydrogens (primary N) is 1. The molecule has 20 heavy (non-hydrogen) atoms. The van der Waals surface area contributed by atoms with Crippen molar-refractivity contribution in [3.63, 3.8) is 0 Å². The highest BCUT2D eigenvalue weighted by Gasteiger charge is 2.16. The Kier molecular flexibility index (Phi) is 3.71. The zero-order valence-corrected chi connectivity index (χ0v) is 11.7. The molecule has 1 aromatic carbocycles. The first kappa shape index (κ1) is 13.1. The van der Waals surface area contributed by atoms with E-state index >= 15 is 0 Å². The van der Waals surface area contributed by atoms with Crippen LogP contribution in [0.2, 0.25) is 5.02 Å². The number of benzene rings is 1. The van der Waals surface area contributed by atoms with Gasteiger partial charge in [0.15, 0.2) is 0 Å². The minimum Gasteiger partial charge on any atom is -0.384 e. The second-order valence-electron chi connectivity index (χ2n) is 4.56. The lowest BCUT2D eigenvalue weighted by molar-refractivity contribution is 0.122. The van der Waals surface area contributed by atoms with Crippen LogP contribution in [0.4, 0.5) is 11.8 Å². The quantitative estimate of drug-likeness (QED) is 0.919. The van der Waals surface area contributed by atoms with E-state index in [0.29, 0.717) is 30.0 Å². The maximum Gasteiger partial charge on any atom is 0.228 e. The molecule has 1 fully saturated rings. The summed E-state index contributed by atoms with van der Waals surface area (Å²) in [6.07, 6.45) is 0. The minimum absolute atomic E-state index is 0.441. The van der Waals surface area contributed by atoms with Gasteiger partial charge >= 0.3 is 0 Å². The summed E-state index contributed by atoms with van der Waals surface area (Å²) in [5, 5.41) is 0.651. The molecule has 1 aliphatic heterocycles. The molecule has 1 aromatic heterocycles. The summed E-state index contributed by atoms with van der Waals surface area (Å²) in [7, 11) is 0. The van der Waals surface area contributed by atoms with E-state index in [1.165, 1.54) is 0 Å². The highest BCUT2D eigenvalue weighted by molar-refractivity contribution is 6.33. The third-order valence-electron chi connectivity index (χ3n) is 3.18. The number of rotatable bonds is 2. The van der Waals surface area contributed by atoms with Crippen molar-refractivity contribution in [2.24, 2.45) is 0 Å². The van der Waals surface area contributed by atoms with Gasteiger partial charge in [-0.25, -0.2) is 4.98 Å². The fraction of sp³-hybridized carbons (Fsp3) is 0.286. The number of nitrogens with zero attached hydrogens (tertiary/aromatic N) is 3. The SMILES string of the molecule is Nc1cc(-c2ccccc2Cl)nc(N2CCOCC2)n1. The van der Waals surface area contributed by atoms with Gasteiger partial charge in [-0.1, -0.05) is 29.8 Å². The lowest BCUT2D eigenvalue weighted by Gasteiger charge is -2.27. The molecule has 3 rings (SSSR count). The van der Waals surface area contributed by atoms with Crippen LogP contribution < -0.4 is 10.6 Å². The Morgan fingerprint density at radius 2 is 1.90 bits per heavy atom. The Morgan fingerprint density at radius 1 is 1.15 bits per heavy atom. The molecule has 0 saturated carbocycles. The Balaban J connectivity index is 2.00. The van der Waals surface area contributed by atoms with Crippen LogP contribution in [0.5, 0.6) is 0 Å². The van der Waals surface area contributed by atoms with Gasteiger partial charge in [-0.2, -0.15) is 4.98 Å². The Labute approximate surface area is 122 Å². The van der Waals surface area contributed by atoms with Crippen LogP contribution in [-0.2, 0) is 4.74 Å². The van der Waals surface area contributed by atoms with Gasteiger partial charge in [0.05, 0.1) is 18.9 Å². The predicted octanol–water partition coefficient (Wildman–Crippen LogP) is 2.22. The average Bonchev–Trinajstić information content (AvgIpc) is 2.48. The maximum atomic E-state index is 6.21. The maximum absolute atomic E-state index is 6.21. The van der Waals surface area contributed by atoms with Crippen LogP contribution in [-0.4, -0.2) is 36.3 Å². The molecule has 0 unspecified atom stereocenters. The third kappa shape index (κ3) is 2.69. The van der Waals surface area contributed by atoms with Gasteiger partial charge in [0, 0.05) is 29.7 Å². The number of aromatic nitrogens is 2. The van der Waals surface area contributed by atoms with E-state index in [0.717, 1.165) is 24.3 Å². The highest BCUT2D eigenvalue weighted by Crippen LogP contribution is 2.28. The van der Waals surface area contributed by atoms with Crippen molar-refractivity contribution < 1.29 is 4.74 Å². The first-order chi connectivity index (χ1) is 9.74. The van der Waals surface area contributed by atoms with Crippen LogP contribution in [0.25, 0.3) is 11.3 Å². The monoisotopic (exact) mass is 290 g/mol. The summed E-state index contributed by atoms with van der Waals surface area (Å²) < 4.78 is 5.34. The van der Waals surface area contributed by atoms with E-state index in [9.17, 15) is 0 Å². The van der Waals surface area contributed by atoms with Gasteiger partial charge in [-0.15, -0.1) is 0 Å². The Bertz CT molecular complexity index is 614. The van der Waals surface area contributed by atoms with Gasteiger partial charge < -0.3 is 15.4 Å². The van der Waals surface area contributed by atoms with E-state index in [-0.39, 0.29) is 0 Å². The molecule has 0 aliphatic carbocycles. The second kappa shape index (κ2) is 5.64. The smallest absolute Gasteiger partial charge is 0.228 e. The molecule has 2 heterocycles. The molecule has 1 saturated heterocycles. The zero-order valence-electron chi connectivity index (χ0n) is 10.9. The largest absolute Gasteiger partial charge is 0.384 e. The van der Waals surface area contributed by atoms with E-state index in [1.54, 1.807) is 6.07 Å². The number of nitrogen functional groups attached to an aromatic ring is 1. The van der Waals surface area contributed by atoms with E-state index in [1.807, 2.05) is 24.3 Å². The number of halogens is 1. The molecule has 2 aromatic rings. The molecule has 1 aliphatic rings. The number of anilines is 2. The molecule has 2 N–H and O–H groups in total.